The monoisotopic (exact) mass is 367 g/mol. The van der Waals surface area contributed by atoms with Crippen molar-refractivity contribution >= 4 is 17.3 Å². The molecule has 0 bridgehead atoms. The minimum Gasteiger partial charge on any atom is -0.494 e. The molecule has 0 unspecified atom stereocenters. The average Bonchev–Trinajstić information content (AvgIpc) is 2.66. The van der Waals surface area contributed by atoms with E-state index in [2.05, 4.69) is 47.2 Å². The van der Waals surface area contributed by atoms with E-state index in [4.69, 9.17) is 4.74 Å². The number of carbonyl (C=O) groups is 1. The molecule has 2 aromatic carbocycles. The van der Waals surface area contributed by atoms with Gasteiger partial charge in [-0.2, -0.15) is 0 Å². The van der Waals surface area contributed by atoms with Gasteiger partial charge >= 0.3 is 0 Å². The molecule has 5 nitrogen and oxygen atoms in total. The van der Waals surface area contributed by atoms with Gasteiger partial charge in [-0.05, 0) is 62.2 Å². The first-order chi connectivity index (χ1) is 13.1. The molecule has 1 aliphatic heterocycles. The van der Waals surface area contributed by atoms with Crippen molar-refractivity contribution in [2.75, 3.05) is 49.5 Å². The van der Waals surface area contributed by atoms with Gasteiger partial charge < -0.3 is 15.0 Å². The molecule has 2 aromatic rings. The number of amides is 1. The Labute approximate surface area is 161 Å². The van der Waals surface area contributed by atoms with E-state index in [1.165, 1.54) is 16.8 Å². The molecular formula is C22H29N3O2. The van der Waals surface area contributed by atoms with E-state index < -0.39 is 0 Å². The Bertz CT molecular complexity index is 766. The van der Waals surface area contributed by atoms with Gasteiger partial charge in [0.15, 0.2) is 0 Å². The molecule has 1 heterocycles. The minimum absolute atomic E-state index is 0.0272. The number of ether oxygens (including phenoxy) is 1. The van der Waals surface area contributed by atoms with Crippen LogP contribution in [0.25, 0.3) is 0 Å². The molecule has 0 aromatic heterocycles. The first-order valence-corrected chi connectivity index (χ1v) is 9.63. The third-order valence-corrected chi connectivity index (χ3v) is 5.11. The van der Waals surface area contributed by atoms with E-state index >= 15 is 0 Å². The first kappa shape index (κ1) is 19.2. The number of rotatable bonds is 6. The van der Waals surface area contributed by atoms with E-state index in [0.717, 1.165) is 37.6 Å². The topological polar surface area (TPSA) is 44.8 Å². The summed E-state index contributed by atoms with van der Waals surface area (Å²) in [5.74, 6) is 0.845. The van der Waals surface area contributed by atoms with E-state index in [9.17, 15) is 4.79 Å². The summed E-state index contributed by atoms with van der Waals surface area (Å²) in [6.07, 6.45) is 0. The van der Waals surface area contributed by atoms with Crippen molar-refractivity contribution in [1.82, 2.24) is 4.90 Å². The van der Waals surface area contributed by atoms with Crippen LogP contribution in [0.15, 0.2) is 42.5 Å². The fourth-order valence-electron chi connectivity index (χ4n) is 3.43. The van der Waals surface area contributed by atoms with E-state index in [-0.39, 0.29) is 5.91 Å². The number of hydrogen-bond donors (Lipinski definition) is 1. The lowest BCUT2D eigenvalue weighted by atomic mass is 10.1. The zero-order valence-corrected chi connectivity index (χ0v) is 16.5. The normalized spacial score (nSPS) is 14.9. The highest BCUT2D eigenvalue weighted by Gasteiger charge is 2.20. The number of benzene rings is 2. The first-order valence-electron chi connectivity index (χ1n) is 9.63. The van der Waals surface area contributed by atoms with Crippen molar-refractivity contribution in [3.63, 3.8) is 0 Å². The summed E-state index contributed by atoms with van der Waals surface area (Å²) in [6, 6.07) is 14.0. The number of nitrogens with zero attached hydrogens (tertiary/aromatic N) is 2. The van der Waals surface area contributed by atoms with Crippen LogP contribution in [0.4, 0.5) is 11.4 Å². The number of nitrogens with one attached hydrogen (secondary N) is 1. The van der Waals surface area contributed by atoms with E-state index in [1.807, 2.05) is 31.2 Å². The zero-order chi connectivity index (χ0) is 19.2. The summed E-state index contributed by atoms with van der Waals surface area (Å²) in [7, 11) is 0. The van der Waals surface area contributed by atoms with Gasteiger partial charge in [-0.3, -0.25) is 9.69 Å². The molecule has 0 aliphatic carbocycles. The molecule has 1 saturated heterocycles. The molecule has 3 rings (SSSR count). The Kier molecular flexibility index (Phi) is 6.35. The van der Waals surface area contributed by atoms with Crippen LogP contribution in [0.5, 0.6) is 5.75 Å². The van der Waals surface area contributed by atoms with Crippen LogP contribution >= 0.6 is 0 Å². The summed E-state index contributed by atoms with van der Waals surface area (Å²) in [5.41, 5.74) is 4.79. The second-order valence-electron chi connectivity index (χ2n) is 6.99. The number of hydrogen-bond acceptors (Lipinski definition) is 4. The zero-order valence-electron chi connectivity index (χ0n) is 16.5. The van der Waals surface area contributed by atoms with Gasteiger partial charge in [0, 0.05) is 37.6 Å². The predicted octanol–water partition coefficient (Wildman–Crippen LogP) is 3.46. The summed E-state index contributed by atoms with van der Waals surface area (Å²) in [4.78, 5) is 17.0. The Morgan fingerprint density at radius 1 is 1.04 bits per heavy atom. The highest BCUT2D eigenvalue weighted by molar-refractivity contribution is 5.92. The SMILES string of the molecule is CCOc1ccc(NC(=O)CN2CCN(c3cccc(C)c3C)CC2)cc1. The van der Waals surface area contributed by atoms with Crippen molar-refractivity contribution in [3.8, 4) is 5.75 Å². The van der Waals surface area contributed by atoms with Crippen LogP contribution in [-0.2, 0) is 4.79 Å². The Morgan fingerprint density at radius 2 is 1.74 bits per heavy atom. The van der Waals surface area contributed by atoms with E-state index in [1.54, 1.807) is 0 Å². The maximum Gasteiger partial charge on any atom is 0.238 e. The second-order valence-corrected chi connectivity index (χ2v) is 6.99. The minimum atomic E-state index is 0.0272. The molecule has 1 fully saturated rings. The predicted molar refractivity (Wildman–Crippen MR) is 111 cm³/mol. The standard InChI is InChI=1S/C22H29N3O2/c1-4-27-20-10-8-19(9-11-20)23-22(26)16-24-12-14-25(15-13-24)21-7-5-6-17(2)18(21)3/h5-11H,4,12-16H2,1-3H3,(H,23,26). The van der Waals surface area contributed by atoms with Gasteiger partial charge in [-0.25, -0.2) is 0 Å². The number of carbonyl (C=O) groups excluding carboxylic acids is 1. The molecule has 1 N–H and O–H groups in total. The van der Waals surface area contributed by atoms with Crippen LogP contribution in [0.2, 0.25) is 0 Å². The van der Waals surface area contributed by atoms with Crippen LogP contribution in [0.1, 0.15) is 18.1 Å². The van der Waals surface area contributed by atoms with Gasteiger partial charge in [0.1, 0.15) is 5.75 Å². The largest absolute Gasteiger partial charge is 0.494 e. The van der Waals surface area contributed by atoms with Crippen molar-refractivity contribution in [1.29, 1.82) is 0 Å². The van der Waals surface area contributed by atoms with Crippen molar-refractivity contribution in [2.45, 2.75) is 20.8 Å². The van der Waals surface area contributed by atoms with Gasteiger partial charge in [0.2, 0.25) is 5.91 Å². The van der Waals surface area contributed by atoms with Crippen LogP contribution in [0.3, 0.4) is 0 Å². The summed E-state index contributed by atoms with van der Waals surface area (Å²) in [5, 5.41) is 2.97. The molecule has 1 amide bonds. The van der Waals surface area contributed by atoms with Crippen LogP contribution in [-0.4, -0.2) is 50.1 Å². The van der Waals surface area contributed by atoms with Gasteiger partial charge in [-0.15, -0.1) is 0 Å². The van der Waals surface area contributed by atoms with Gasteiger partial charge in [0.25, 0.3) is 0 Å². The summed E-state index contributed by atoms with van der Waals surface area (Å²) < 4.78 is 5.42. The third-order valence-electron chi connectivity index (χ3n) is 5.11. The lowest BCUT2D eigenvalue weighted by Crippen LogP contribution is -2.48. The van der Waals surface area contributed by atoms with Crippen molar-refractivity contribution < 1.29 is 9.53 Å². The van der Waals surface area contributed by atoms with Gasteiger partial charge in [0.05, 0.1) is 13.2 Å². The second kappa shape index (κ2) is 8.91. The molecule has 0 spiro atoms. The summed E-state index contributed by atoms with van der Waals surface area (Å²) in [6.45, 7) is 11.0. The van der Waals surface area contributed by atoms with Crippen molar-refractivity contribution in [3.05, 3.63) is 53.6 Å². The average molecular weight is 367 g/mol. The Morgan fingerprint density at radius 3 is 2.41 bits per heavy atom. The molecule has 0 radical (unpaired) electrons. The highest BCUT2D eigenvalue weighted by Crippen LogP contribution is 2.24. The molecule has 144 valence electrons. The third kappa shape index (κ3) is 5.01. The number of piperazine rings is 1. The lowest BCUT2D eigenvalue weighted by molar-refractivity contribution is -0.117. The molecule has 1 aliphatic rings. The number of anilines is 2. The Hall–Kier alpha value is -2.53. The van der Waals surface area contributed by atoms with Gasteiger partial charge in [-0.1, -0.05) is 12.1 Å². The molecule has 27 heavy (non-hydrogen) atoms. The van der Waals surface area contributed by atoms with E-state index in [0.29, 0.717) is 13.2 Å². The maximum absolute atomic E-state index is 12.3. The molecular weight excluding hydrogens is 338 g/mol. The quantitative estimate of drug-likeness (QED) is 0.849. The Balaban J connectivity index is 1.48. The molecule has 5 heteroatoms. The fraction of sp³-hybridized carbons (Fsp3) is 0.409. The van der Waals surface area contributed by atoms with Crippen LogP contribution < -0.4 is 15.0 Å². The number of aryl methyl sites for hydroxylation is 1. The van der Waals surface area contributed by atoms with Crippen molar-refractivity contribution in [2.24, 2.45) is 0 Å². The summed E-state index contributed by atoms with van der Waals surface area (Å²) >= 11 is 0. The molecule has 0 atom stereocenters. The lowest BCUT2D eigenvalue weighted by Gasteiger charge is -2.36. The smallest absolute Gasteiger partial charge is 0.238 e. The maximum atomic E-state index is 12.3. The molecule has 0 saturated carbocycles. The fourth-order valence-corrected chi connectivity index (χ4v) is 3.43. The highest BCUT2D eigenvalue weighted by atomic mass is 16.5. The van der Waals surface area contributed by atoms with Crippen LogP contribution in [0, 0.1) is 13.8 Å².